The van der Waals surface area contributed by atoms with Gasteiger partial charge >= 0.3 is 0 Å². The van der Waals surface area contributed by atoms with Crippen molar-refractivity contribution in [3.63, 3.8) is 0 Å². The molecule has 1 fully saturated rings. The number of aryl methyl sites for hydroxylation is 1. The van der Waals surface area contributed by atoms with E-state index in [0.29, 0.717) is 22.8 Å². The topological polar surface area (TPSA) is 73.2 Å². The van der Waals surface area contributed by atoms with Crippen LogP contribution in [0.25, 0.3) is 0 Å². The third-order valence-corrected chi connectivity index (χ3v) is 6.89. The molecule has 3 aromatic carbocycles. The zero-order chi connectivity index (χ0) is 24.2. The molecule has 1 aliphatic heterocycles. The quantitative estimate of drug-likeness (QED) is 0.359. The molecule has 0 saturated carbocycles. The van der Waals surface area contributed by atoms with E-state index in [0.717, 1.165) is 22.9 Å². The molecule has 1 aliphatic rings. The van der Waals surface area contributed by atoms with Crippen molar-refractivity contribution in [1.29, 1.82) is 5.26 Å². The average Bonchev–Trinajstić information content (AvgIpc) is 3.13. The van der Waals surface area contributed by atoms with Crippen molar-refractivity contribution in [2.45, 2.75) is 18.6 Å². The van der Waals surface area contributed by atoms with Crippen LogP contribution in [0.1, 0.15) is 11.1 Å². The molecule has 0 aromatic heterocycles. The van der Waals surface area contributed by atoms with E-state index in [2.05, 4.69) is 5.32 Å². The van der Waals surface area contributed by atoms with Crippen LogP contribution < -0.4 is 10.2 Å². The normalized spacial score (nSPS) is 16.8. The van der Waals surface area contributed by atoms with Crippen molar-refractivity contribution in [3.8, 4) is 6.07 Å². The second kappa shape index (κ2) is 10.1. The van der Waals surface area contributed by atoms with E-state index < -0.39 is 17.0 Å². The summed E-state index contributed by atoms with van der Waals surface area (Å²) in [4.78, 5) is 27.9. The number of halogens is 2. The molecule has 0 spiro atoms. The monoisotopic (exact) mass is 491 g/mol. The van der Waals surface area contributed by atoms with Gasteiger partial charge in [0.25, 0.3) is 5.91 Å². The first-order valence-electron chi connectivity index (χ1n) is 10.4. The first-order chi connectivity index (χ1) is 16.4. The van der Waals surface area contributed by atoms with Crippen molar-refractivity contribution in [1.82, 2.24) is 0 Å². The Labute approximate surface area is 205 Å². The third-order valence-electron chi connectivity index (χ3n) is 5.26. The SMILES string of the molecule is Cc1ccc(N2C(=O)C(Cc3ccccc3Cl)S/C2=C(\C#N)C(=O)Nc2ccc(F)cc2)cc1. The van der Waals surface area contributed by atoms with Gasteiger partial charge < -0.3 is 5.32 Å². The molecule has 34 heavy (non-hydrogen) atoms. The van der Waals surface area contributed by atoms with E-state index >= 15 is 0 Å². The number of carbonyl (C=O) groups excluding carboxylic acids is 2. The van der Waals surface area contributed by atoms with Gasteiger partial charge in [0.15, 0.2) is 0 Å². The molecule has 1 heterocycles. The highest BCUT2D eigenvalue weighted by atomic mass is 35.5. The maximum atomic E-state index is 13.5. The fraction of sp³-hybridized carbons (Fsp3) is 0.115. The molecular formula is C26H19ClFN3O2S. The summed E-state index contributed by atoms with van der Waals surface area (Å²) in [6.07, 6.45) is 0.341. The van der Waals surface area contributed by atoms with Crippen LogP contribution in [0.15, 0.2) is 83.4 Å². The van der Waals surface area contributed by atoms with Gasteiger partial charge in [-0.15, -0.1) is 0 Å². The Morgan fingerprint density at radius 2 is 1.79 bits per heavy atom. The highest BCUT2D eigenvalue weighted by Crippen LogP contribution is 2.42. The number of nitrogens with one attached hydrogen (secondary N) is 1. The van der Waals surface area contributed by atoms with Gasteiger partial charge in [-0.05, 0) is 61.4 Å². The first-order valence-corrected chi connectivity index (χ1v) is 11.6. The number of benzene rings is 3. The predicted molar refractivity (Wildman–Crippen MR) is 133 cm³/mol. The molecule has 1 unspecified atom stereocenters. The van der Waals surface area contributed by atoms with Crippen LogP contribution in [0.5, 0.6) is 0 Å². The van der Waals surface area contributed by atoms with Crippen LogP contribution in [0, 0.1) is 24.1 Å². The first kappa shape index (κ1) is 23.6. The Morgan fingerprint density at radius 3 is 2.44 bits per heavy atom. The summed E-state index contributed by atoms with van der Waals surface area (Å²) in [5, 5.41) is 12.7. The molecular weight excluding hydrogens is 473 g/mol. The van der Waals surface area contributed by atoms with Crippen molar-refractivity contribution >= 4 is 46.6 Å². The molecule has 0 aliphatic carbocycles. The lowest BCUT2D eigenvalue weighted by atomic mass is 10.1. The number of amides is 2. The number of carbonyl (C=O) groups is 2. The minimum absolute atomic E-state index is 0.204. The number of hydrogen-bond acceptors (Lipinski definition) is 4. The van der Waals surface area contributed by atoms with E-state index in [1.165, 1.54) is 29.2 Å². The van der Waals surface area contributed by atoms with Gasteiger partial charge in [-0.3, -0.25) is 14.5 Å². The Morgan fingerprint density at radius 1 is 1.12 bits per heavy atom. The van der Waals surface area contributed by atoms with Gasteiger partial charge in [0, 0.05) is 16.4 Å². The van der Waals surface area contributed by atoms with Crippen LogP contribution >= 0.6 is 23.4 Å². The molecule has 2 amide bonds. The molecule has 170 valence electrons. The maximum Gasteiger partial charge on any atom is 0.269 e. The van der Waals surface area contributed by atoms with Crippen LogP contribution in [0.2, 0.25) is 5.02 Å². The van der Waals surface area contributed by atoms with Crippen LogP contribution in [-0.2, 0) is 16.0 Å². The summed E-state index contributed by atoms with van der Waals surface area (Å²) < 4.78 is 13.2. The molecule has 3 aromatic rings. The molecule has 1 atom stereocenters. The van der Waals surface area contributed by atoms with E-state index in [4.69, 9.17) is 11.6 Å². The summed E-state index contributed by atoms with van der Waals surface area (Å²) >= 11 is 7.47. The van der Waals surface area contributed by atoms with E-state index in [1.807, 2.05) is 43.3 Å². The smallest absolute Gasteiger partial charge is 0.269 e. The lowest BCUT2D eigenvalue weighted by molar-refractivity contribution is -0.117. The lowest BCUT2D eigenvalue weighted by Crippen LogP contribution is -2.31. The zero-order valence-electron chi connectivity index (χ0n) is 18.1. The Balaban J connectivity index is 1.73. The minimum Gasteiger partial charge on any atom is -0.321 e. The molecule has 0 bridgehead atoms. The fourth-order valence-corrected chi connectivity index (χ4v) is 5.01. The molecule has 1 saturated heterocycles. The summed E-state index contributed by atoms with van der Waals surface area (Å²) in [6.45, 7) is 1.93. The number of nitriles is 1. The van der Waals surface area contributed by atoms with Crippen LogP contribution in [-0.4, -0.2) is 17.1 Å². The molecule has 1 N–H and O–H groups in total. The van der Waals surface area contributed by atoms with Gasteiger partial charge in [-0.25, -0.2) is 4.39 Å². The lowest BCUT2D eigenvalue weighted by Gasteiger charge is -2.19. The zero-order valence-corrected chi connectivity index (χ0v) is 19.7. The van der Waals surface area contributed by atoms with Gasteiger partial charge in [-0.2, -0.15) is 5.26 Å². The minimum atomic E-state index is -0.681. The van der Waals surface area contributed by atoms with Crippen molar-refractivity contribution in [3.05, 3.63) is 105 Å². The average molecular weight is 492 g/mol. The van der Waals surface area contributed by atoms with Crippen molar-refractivity contribution < 1.29 is 14.0 Å². The van der Waals surface area contributed by atoms with E-state index in [9.17, 15) is 19.2 Å². The van der Waals surface area contributed by atoms with Crippen molar-refractivity contribution in [2.24, 2.45) is 0 Å². The number of nitrogens with zero attached hydrogens (tertiary/aromatic N) is 2. The van der Waals surface area contributed by atoms with Crippen LogP contribution in [0.4, 0.5) is 15.8 Å². The number of thioether (sulfide) groups is 1. The molecule has 4 rings (SSSR count). The molecule has 0 radical (unpaired) electrons. The van der Waals surface area contributed by atoms with E-state index in [-0.39, 0.29) is 16.5 Å². The molecule has 8 heteroatoms. The largest absolute Gasteiger partial charge is 0.321 e. The predicted octanol–water partition coefficient (Wildman–Crippen LogP) is 5.85. The Kier molecular flexibility index (Phi) is 7.01. The molecule has 5 nitrogen and oxygen atoms in total. The number of hydrogen-bond donors (Lipinski definition) is 1. The standard InChI is InChI=1S/C26H19ClFN3O2S/c1-16-6-12-20(13-7-16)31-25(33)23(14-17-4-2-3-5-22(17)27)34-26(31)21(15-29)24(32)30-19-10-8-18(28)9-11-19/h2-13,23H,14H2,1H3,(H,30,32)/b26-21+. The second-order valence-corrected chi connectivity index (χ2v) is 9.26. The van der Waals surface area contributed by atoms with Gasteiger partial charge in [0.1, 0.15) is 22.5 Å². The second-order valence-electron chi connectivity index (χ2n) is 7.66. The van der Waals surface area contributed by atoms with Gasteiger partial charge in [0.05, 0.1) is 5.25 Å². The number of rotatable bonds is 5. The van der Waals surface area contributed by atoms with Crippen LogP contribution in [0.3, 0.4) is 0 Å². The summed E-state index contributed by atoms with van der Waals surface area (Å²) in [7, 11) is 0. The highest BCUT2D eigenvalue weighted by molar-refractivity contribution is 8.05. The Hall–Kier alpha value is -3.60. The highest BCUT2D eigenvalue weighted by Gasteiger charge is 2.41. The Bertz CT molecular complexity index is 1320. The van der Waals surface area contributed by atoms with Crippen molar-refractivity contribution in [2.75, 3.05) is 10.2 Å². The number of anilines is 2. The van der Waals surface area contributed by atoms with Gasteiger partial charge in [0.2, 0.25) is 5.91 Å². The fourth-order valence-electron chi connectivity index (χ4n) is 3.51. The third kappa shape index (κ3) is 4.98. The summed E-state index contributed by atoms with van der Waals surface area (Å²) in [5.74, 6) is -1.37. The summed E-state index contributed by atoms with van der Waals surface area (Å²) in [6, 6.07) is 21.7. The van der Waals surface area contributed by atoms with E-state index in [1.54, 1.807) is 18.2 Å². The maximum absolute atomic E-state index is 13.5. The summed E-state index contributed by atoms with van der Waals surface area (Å²) in [5.41, 5.74) is 2.50. The van der Waals surface area contributed by atoms with Gasteiger partial charge in [-0.1, -0.05) is 59.3 Å².